The molecule has 0 bridgehead atoms. The van der Waals surface area contributed by atoms with E-state index in [1.165, 1.54) is 32.8 Å². The van der Waals surface area contributed by atoms with Gasteiger partial charge in [0.1, 0.15) is 0 Å². The van der Waals surface area contributed by atoms with Crippen LogP contribution in [0.5, 0.6) is 28.7 Å². The summed E-state index contributed by atoms with van der Waals surface area (Å²) in [5.41, 5.74) is 7.08. The zero-order valence-corrected chi connectivity index (χ0v) is 23.0. The molecule has 0 saturated heterocycles. The van der Waals surface area contributed by atoms with Crippen LogP contribution >= 0.6 is 0 Å². The number of fused-ring (bicyclic) bond motifs is 8. The fourth-order valence-electron chi connectivity index (χ4n) is 7.84. The lowest BCUT2D eigenvalue weighted by Gasteiger charge is -2.30. The number of benzene rings is 6. The lowest BCUT2D eigenvalue weighted by molar-refractivity contribution is 0.172. The van der Waals surface area contributed by atoms with E-state index in [1.54, 1.807) is 7.11 Å². The highest BCUT2D eigenvalue weighted by Gasteiger charge is 2.35. The lowest BCUT2D eigenvalue weighted by Crippen LogP contribution is -2.16. The molecule has 0 saturated carbocycles. The summed E-state index contributed by atoms with van der Waals surface area (Å²) in [5, 5.41) is 16.9. The molecule has 206 valence electrons. The van der Waals surface area contributed by atoms with Crippen molar-refractivity contribution in [2.24, 2.45) is 0 Å². The van der Waals surface area contributed by atoms with Gasteiger partial charge in [0.15, 0.2) is 23.0 Å². The second-order valence-corrected chi connectivity index (χ2v) is 11.3. The van der Waals surface area contributed by atoms with Crippen LogP contribution in [0.2, 0.25) is 0 Å². The Hall–Kier alpha value is -5.04. The molecule has 10 rings (SSSR count). The van der Waals surface area contributed by atoms with Crippen molar-refractivity contribution >= 4 is 54.5 Å². The predicted molar refractivity (Wildman–Crippen MR) is 165 cm³/mol. The van der Waals surface area contributed by atoms with Crippen molar-refractivity contribution in [3.05, 3.63) is 65.7 Å². The van der Waals surface area contributed by atoms with Crippen molar-refractivity contribution < 1.29 is 23.7 Å². The quantitative estimate of drug-likeness (QED) is 0.217. The third kappa shape index (κ3) is 2.67. The van der Waals surface area contributed by atoms with Crippen molar-refractivity contribution in [3.8, 4) is 39.9 Å². The van der Waals surface area contributed by atoms with Gasteiger partial charge in [-0.3, -0.25) is 0 Å². The van der Waals surface area contributed by atoms with Crippen LogP contribution in [-0.2, 0) is 12.8 Å². The number of rotatable bonds is 2. The van der Waals surface area contributed by atoms with Crippen LogP contribution < -0.4 is 34.3 Å². The maximum atomic E-state index is 6.16. The molecule has 4 aliphatic heterocycles. The third-order valence-corrected chi connectivity index (χ3v) is 9.38. The monoisotopic (exact) mass is 554 g/mol. The number of hydrogen-bond donors (Lipinski definition) is 2. The number of nitrogens with one attached hydrogen (secondary N) is 2. The minimum Gasteiger partial charge on any atom is -0.492 e. The van der Waals surface area contributed by atoms with Gasteiger partial charge in [-0.1, -0.05) is 48.5 Å². The fourth-order valence-corrected chi connectivity index (χ4v) is 7.84. The normalized spacial score (nSPS) is 15.8. The Morgan fingerprint density at radius 3 is 1.95 bits per heavy atom. The number of anilines is 2. The number of hydrogen-bond acceptors (Lipinski definition) is 7. The van der Waals surface area contributed by atoms with Crippen LogP contribution in [0.25, 0.3) is 54.2 Å². The van der Waals surface area contributed by atoms with Crippen molar-refractivity contribution in [2.45, 2.75) is 12.8 Å². The van der Waals surface area contributed by atoms with Gasteiger partial charge in [0, 0.05) is 51.3 Å². The van der Waals surface area contributed by atoms with Gasteiger partial charge >= 0.3 is 0 Å². The zero-order chi connectivity index (χ0) is 27.5. The fraction of sp³-hybridized carbons (Fsp3) is 0.200. The van der Waals surface area contributed by atoms with Crippen LogP contribution in [0.3, 0.4) is 0 Å². The topological polar surface area (TPSA) is 70.2 Å². The van der Waals surface area contributed by atoms with E-state index in [0.29, 0.717) is 5.75 Å². The van der Waals surface area contributed by atoms with Gasteiger partial charge in [-0.05, 0) is 46.0 Å². The SMILES string of the molecule is COc1c2c(c3c4c1CCNc4c(-c1c4c5c(cc6c(c5c5ccccc15)OCO6)CCN4)c1ccccc13)OCO2. The third-order valence-electron chi connectivity index (χ3n) is 9.38. The van der Waals surface area contributed by atoms with E-state index in [1.807, 2.05) is 0 Å². The molecule has 0 unspecified atom stereocenters. The van der Waals surface area contributed by atoms with E-state index >= 15 is 0 Å². The molecular formula is C35H26N2O5. The molecule has 7 nitrogen and oxygen atoms in total. The van der Waals surface area contributed by atoms with E-state index in [0.717, 1.165) is 92.8 Å². The standard InChI is InChI=1S/C35H26N2O5/c1-38-32-22-11-13-37-31-26(19-7-3-5-9-21(19)29(27(22)31)34-35(32)42-16-41-34)25-18-6-2-4-8-20(18)28-24-17(10-12-36-30(24)25)14-23-33(28)40-15-39-23/h2-9,14,36-37H,10-13,15-16H2,1H3. The van der Waals surface area contributed by atoms with Crippen LogP contribution in [0.1, 0.15) is 11.1 Å². The van der Waals surface area contributed by atoms with Gasteiger partial charge in [-0.15, -0.1) is 0 Å². The Morgan fingerprint density at radius 1 is 0.619 bits per heavy atom. The minimum atomic E-state index is 0.186. The van der Waals surface area contributed by atoms with Gasteiger partial charge in [0.2, 0.25) is 19.3 Å². The second kappa shape index (κ2) is 8.03. The summed E-state index contributed by atoms with van der Waals surface area (Å²) in [6.45, 7) is 2.07. The molecule has 0 atom stereocenters. The summed E-state index contributed by atoms with van der Waals surface area (Å²) in [4.78, 5) is 0. The Morgan fingerprint density at radius 2 is 1.21 bits per heavy atom. The van der Waals surface area contributed by atoms with Gasteiger partial charge in [0.05, 0.1) is 18.5 Å². The molecule has 0 radical (unpaired) electrons. The molecule has 2 N–H and O–H groups in total. The highest BCUT2D eigenvalue weighted by Crippen LogP contribution is 2.59. The summed E-state index contributed by atoms with van der Waals surface area (Å²) in [6, 6.07) is 19.5. The Kier molecular flexibility index (Phi) is 4.33. The highest BCUT2D eigenvalue weighted by molar-refractivity contribution is 6.31. The Labute approximate surface area is 240 Å². The molecule has 0 spiro atoms. The minimum absolute atomic E-state index is 0.186. The van der Waals surface area contributed by atoms with E-state index in [4.69, 9.17) is 23.7 Å². The average molecular weight is 555 g/mol. The summed E-state index contributed by atoms with van der Waals surface area (Å²) < 4.78 is 30.2. The van der Waals surface area contributed by atoms with Gasteiger partial charge in [-0.25, -0.2) is 0 Å². The summed E-state index contributed by atoms with van der Waals surface area (Å²) in [5.74, 6) is 3.92. The van der Waals surface area contributed by atoms with Crippen molar-refractivity contribution in [1.29, 1.82) is 0 Å². The van der Waals surface area contributed by atoms with Crippen LogP contribution in [0, 0.1) is 0 Å². The smallest absolute Gasteiger partial charge is 0.231 e. The lowest BCUT2D eigenvalue weighted by atomic mass is 9.81. The molecule has 0 aliphatic carbocycles. The van der Waals surface area contributed by atoms with Gasteiger partial charge in [0.25, 0.3) is 0 Å². The largest absolute Gasteiger partial charge is 0.492 e. The summed E-state index contributed by atoms with van der Waals surface area (Å²) in [6.07, 6.45) is 1.75. The molecule has 42 heavy (non-hydrogen) atoms. The molecule has 4 heterocycles. The first-order valence-electron chi connectivity index (χ1n) is 14.5. The summed E-state index contributed by atoms with van der Waals surface area (Å²) >= 11 is 0. The molecule has 0 aromatic heterocycles. The van der Waals surface area contributed by atoms with Crippen LogP contribution in [0.4, 0.5) is 11.4 Å². The number of methoxy groups -OCH3 is 1. The molecular weight excluding hydrogens is 528 g/mol. The Bertz CT molecular complexity index is 2210. The zero-order valence-electron chi connectivity index (χ0n) is 23.0. The van der Waals surface area contributed by atoms with E-state index in [-0.39, 0.29) is 13.6 Å². The maximum Gasteiger partial charge on any atom is 0.231 e. The van der Waals surface area contributed by atoms with E-state index < -0.39 is 0 Å². The van der Waals surface area contributed by atoms with Crippen LogP contribution in [-0.4, -0.2) is 33.8 Å². The van der Waals surface area contributed by atoms with Crippen LogP contribution in [0.15, 0.2) is 54.6 Å². The molecule has 0 amide bonds. The van der Waals surface area contributed by atoms with E-state index in [9.17, 15) is 0 Å². The average Bonchev–Trinajstić information content (AvgIpc) is 3.71. The van der Waals surface area contributed by atoms with Crippen molar-refractivity contribution in [2.75, 3.05) is 44.4 Å². The predicted octanol–water partition coefficient (Wildman–Crippen LogP) is 7.37. The highest BCUT2D eigenvalue weighted by atomic mass is 16.7. The molecule has 6 aromatic carbocycles. The first-order chi connectivity index (χ1) is 20.8. The van der Waals surface area contributed by atoms with Gasteiger partial charge in [-0.2, -0.15) is 0 Å². The Balaban J connectivity index is 1.46. The van der Waals surface area contributed by atoms with E-state index in [2.05, 4.69) is 65.2 Å². The maximum absolute atomic E-state index is 6.16. The molecule has 4 aliphatic rings. The molecule has 6 aromatic rings. The van der Waals surface area contributed by atoms with Crippen molar-refractivity contribution in [1.82, 2.24) is 0 Å². The summed E-state index contributed by atoms with van der Waals surface area (Å²) in [7, 11) is 1.72. The van der Waals surface area contributed by atoms with Gasteiger partial charge < -0.3 is 34.3 Å². The number of ether oxygens (including phenoxy) is 5. The second-order valence-electron chi connectivity index (χ2n) is 11.3. The first kappa shape index (κ1) is 22.6. The first-order valence-corrected chi connectivity index (χ1v) is 14.5. The van der Waals surface area contributed by atoms with Crippen molar-refractivity contribution in [3.63, 3.8) is 0 Å². The molecule has 0 fully saturated rings. The molecule has 7 heteroatoms.